The molecule has 11 nitrogen and oxygen atoms in total. The number of ether oxygens (including phenoxy) is 3. The first-order valence-electron chi connectivity index (χ1n) is 12.6. The minimum absolute atomic E-state index is 0.129. The second-order valence-electron chi connectivity index (χ2n) is 8.92. The van der Waals surface area contributed by atoms with E-state index in [1.165, 1.54) is 33.6 Å². The predicted molar refractivity (Wildman–Crippen MR) is 146 cm³/mol. The van der Waals surface area contributed by atoms with E-state index in [1.807, 2.05) is 18.2 Å². The smallest absolute Gasteiger partial charge is 0.387 e. The van der Waals surface area contributed by atoms with Gasteiger partial charge in [0.05, 0.1) is 24.1 Å². The number of hydrogen-bond donors (Lipinski definition) is 2. The maximum absolute atomic E-state index is 13.3. The van der Waals surface area contributed by atoms with Crippen molar-refractivity contribution in [2.45, 2.75) is 13.2 Å². The highest BCUT2D eigenvalue weighted by molar-refractivity contribution is 6.09. The molecule has 2 aromatic carbocycles. The Bertz CT molecular complexity index is 1650. The number of carbonyl (C=O) groups excluding carboxylic acids is 1. The molecular formula is C28H27F2N7O4. The average molecular weight is 564 g/mol. The van der Waals surface area contributed by atoms with Crippen LogP contribution < -0.4 is 20.1 Å². The van der Waals surface area contributed by atoms with Crippen molar-refractivity contribution in [1.29, 1.82) is 0 Å². The molecule has 0 radical (unpaired) electrons. The van der Waals surface area contributed by atoms with Crippen molar-refractivity contribution in [3.63, 3.8) is 0 Å². The van der Waals surface area contributed by atoms with Gasteiger partial charge in [0.1, 0.15) is 28.5 Å². The number of halogens is 2. The quantitative estimate of drug-likeness (QED) is 0.213. The molecule has 0 saturated heterocycles. The molecule has 3 aromatic heterocycles. The summed E-state index contributed by atoms with van der Waals surface area (Å²) < 4.78 is 45.5. The average Bonchev–Trinajstić information content (AvgIpc) is 3.55. The summed E-state index contributed by atoms with van der Waals surface area (Å²) in [5.41, 5.74) is 2.28. The number of aromatic nitrogens is 5. The molecule has 0 unspecified atom stereocenters. The molecule has 0 saturated carbocycles. The van der Waals surface area contributed by atoms with Crippen molar-refractivity contribution in [2.75, 3.05) is 25.6 Å². The number of benzene rings is 2. The lowest BCUT2D eigenvalue weighted by atomic mass is 10.1. The summed E-state index contributed by atoms with van der Waals surface area (Å²) >= 11 is 0. The Kier molecular flexibility index (Phi) is 8.46. The maximum Gasteiger partial charge on any atom is 0.387 e. The van der Waals surface area contributed by atoms with Crippen molar-refractivity contribution in [3.05, 3.63) is 84.4 Å². The van der Waals surface area contributed by atoms with Crippen LogP contribution >= 0.6 is 0 Å². The van der Waals surface area contributed by atoms with Gasteiger partial charge in [-0.15, -0.1) is 0 Å². The lowest BCUT2D eigenvalue weighted by molar-refractivity contribution is -0.0494. The molecule has 3 heterocycles. The van der Waals surface area contributed by atoms with E-state index in [-0.39, 0.29) is 28.3 Å². The summed E-state index contributed by atoms with van der Waals surface area (Å²) in [5.74, 6) is 0.295. The van der Waals surface area contributed by atoms with Gasteiger partial charge in [-0.2, -0.15) is 19.0 Å². The molecule has 0 aliphatic carbocycles. The first-order valence-corrected chi connectivity index (χ1v) is 12.6. The van der Waals surface area contributed by atoms with Crippen LogP contribution in [0.5, 0.6) is 17.2 Å². The number of nitrogens with one attached hydrogen (secondary N) is 2. The zero-order valence-corrected chi connectivity index (χ0v) is 22.3. The molecule has 0 spiro atoms. The summed E-state index contributed by atoms with van der Waals surface area (Å²) in [4.78, 5) is 17.4. The zero-order valence-electron chi connectivity index (χ0n) is 22.3. The molecule has 0 aliphatic heterocycles. The fourth-order valence-corrected chi connectivity index (χ4v) is 4.17. The van der Waals surface area contributed by atoms with Crippen LogP contribution in [0.3, 0.4) is 0 Å². The lowest BCUT2D eigenvalue weighted by Gasteiger charge is -2.14. The zero-order chi connectivity index (χ0) is 28.8. The number of anilines is 1. The van der Waals surface area contributed by atoms with Gasteiger partial charge in [-0.3, -0.25) is 9.48 Å². The lowest BCUT2D eigenvalue weighted by Crippen LogP contribution is -2.18. The SMILES string of the molecule is COCCNCc1cccc(Oc2ccc(OC(F)F)c(-c3nn(C)cc3NC(=O)c3cnn4cccnc34)c2)c1. The van der Waals surface area contributed by atoms with Crippen LogP contribution in [0, 0.1) is 0 Å². The molecule has 13 heteroatoms. The van der Waals surface area contributed by atoms with Crippen LogP contribution in [0.15, 0.2) is 73.3 Å². The third kappa shape index (κ3) is 6.65. The standard InChI is InChI=1S/C28H27F2N7O4/c1-36-17-23(34-27(38)22-16-33-37-11-4-9-32-26(22)37)25(35-36)21-14-20(7-8-24(21)41-28(29)30)40-19-6-3-5-18(13-19)15-31-10-12-39-2/h3-9,11,13-14,16-17,28,31H,10,12,15H2,1-2H3,(H,34,38). The Labute approximate surface area is 233 Å². The molecule has 41 heavy (non-hydrogen) atoms. The fraction of sp³-hybridized carbons (Fsp3) is 0.214. The van der Waals surface area contributed by atoms with Crippen molar-refractivity contribution < 1.29 is 27.8 Å². The number of fused-ring (bicyclic) bond motifs is 1. The Morgan fingerprint density at radius 1 is 1.12 bits per heavy atom. The van der Waals surface area contributed by atoms with E-state index >= 15 is 0 Å². The van der Waals surface area contributed by atoms with Gasteiger partial charge in [0.2, 0.25) is 0 Å². The summed E-state index contributed by atoms with van der Waals surface area (Å²) in [6, 6.07) is 13.6. The van der Waals surface area contributed by atoms with Crippen LogP contribution in [0.2, 0.25) is 0 Å². The third-order valence-electron chi connectivity index (χ3n) is 5.97. The normalized spacial score (nSPS) is 11.2. The molecule has 0 bridgehead atoms. The second kappa shape index (κ2) is 12.5. The largest absolute Gasteiger partial charge is 0.457 e. The van der Waals surface area contributed by atoms with Gasteiger partial charge in [-0.25, -0.2) is 9.50 Å². The summed E-state index contributed by atoms with van der Waals surface area (Å²) in [6.45, 7) is -1.16. The monoisotopic (exact) mass is 563 g/mol. The molecule has 2 N–H and O–H groups in total. The number of rotatable bonds is 12. The molecule has 1 amide bonds. The van der Waals surface area contributed by atoms with E-state index in [9.17, 15) is 13.6 Å². The van der Waals surface area contributed by atoms with Crippen LogP contribution in [0.25, 0.3) is 16.9 Å². The van der Waals surface area contributed by atoms with Gasteiger partial charge in [0, 0.05) is 45.8 Å². The fourth-order valence-electron chi connectivity index (χ4n) is 4.17. The highest BCUT2D eigenvalue weighted by atomic mass is 19.3. The summed E-state index contributed by atoms with van der Waals surface area (Å²) in [5, 5.41) is 14.6. The maximum atomic E-state index is 13.3. The summed E-state index contributed by atoms with van der Waals surface area (Å²) in [7, 11) is 3.29. The predicted octanol–water partition coefficient (Wildman–Crippen LogP) is 4.51. The number of carbonyl (C=O) groups is 1. The highest BCUT2D eigenvalue weighted by Crippen LogP contribution is 2.38. The topological polar surface area (TPSA) is 117 Å². The first-order chi connectivity index (χ1) is 19.9. The minimum atomic E-state index is -3.07. The van der Waals surface area contributed by atoms with Gasteiger partial charge in [0.15, 0.2) is 5.65 Å². The van der Waals surface area contributed by atoms with Gasteiger partial charge in [-0.1, -0.05) is 12.1 Å². The van der Waals surface area contributed by atoms with Crippen LogP contribution in [0.4, 0.5) is 14.5 Å². The summed E-state index contributed by atoms with van der Waals surface area (Å²) in [6.07, 6.45) is 6.18. The second-order valence-corrected chi connectivity index (χ2v) is 8.92. The van der Waals surface area contributed by atoms with E-state index in [4.69, 9.17) is 14.2 Å². The molecule has 0 atom stereocenters. The van der Waals surface area contributed by atoms with Crippen molar-refractivity contribution in [2.24, 2.45) is 7.05 Å². The first kappa shape index (κ1) is 27.7. The van der Waals surface area contributed by atoms with E-state index in [0.29, 0.717) is 36.8 Å². The van der Waals surface area contributed by atoms with Crippen molar-refractivity contribution in [3.8, 4) is 28.5 Å². The molecule has 5 rings (SSSR count). The Balaban J connectivity index is 1.43. The number of alkyl halides is 2. The number of hydrogen-bond acceptors (Lipinski definition) is 8. The number of nitrogens with zero attached hydrogens (tertiary/aromatic N) is 5. The number of amides is 1. The Morgan fingerprint density at radius 2 is 1.98 bits per heavy atom. The molecular weight excluding hydrogens is 536 g/mol. The van der Waals surface area contributed by atoms with E-state index in [2.05, 4.69) is 25.8 Å². The van der Waals surface area contributed by atoms with E-state index in [0.717, 1.165) is 5.56 Å². The van der Waals surface area contributed by atoms with E-state index < -0.39 is 12.5 Å². The number of aryl methyl sites for hydroxylation is 1. The van der Waals surface area contributed by atoms with Crippen LogP contribution in [-0.4, -0.2) is 57.2 Å². The molecule has 5 aromatic rings. The number of methoxy groups -OCH3 is 1. The van der Waals surface area contributed by atoms with Gasteiger partial charge < -0.3 is 24.8 Å². The molecule has 212 valence electrons. The van der Waals surface area contributed by atoms with E-state index in [1.54, 1.807) is 44.9 Å². The van der Waals surface area contributed by atoms with Gasteiger partial charge >= 0.3 is 6.61 Å². The van der Waals surface area contributed by atoms with Crippen molar-refractivity contribution in [1.82, 2.24) is 29.7 Å². The van der Waals surface area contributed by atoms with Crippen LogP contribution in [-0.2, 0) is 18.3 Å². The highest BCUT2D eigenvalue weighted by Gasteiger charge is 2.22. The molecule has 0 fully saturated rings. The molecule has 0 aliphatic rings. The Morgan fingerprint density at radius 3 is 2.80 bits per heavy atom. The van der Waals surface area contributed by atoms with Gasteiger partial charge in [-0.05, 0) is 42.0 Å². The van der Waals surface area contributed by atoms with Crippen LogP contribution in [0.1, 0.15) is 15.9 Å². The Hall–Kier alpha value is -4.88. The van der Waals surface area contributed by atoms with Crippen molar-refractivity contribution >= 4 is 17.2 Å². The van der Waals surface area contributed by atoms with Gasteiger partial charge in [0.25, 0.3) is 5.91 Å². The third-order valence-corrected chi connectivity index (χ3v) is 5.97. The minimum Gasteiger partial charge on any atom is -0.457 e.